The molecule has 0 radical (unpaired) electrons. The fourth-order valence-corrected chi connectivity index (χ4v) is 5.89. The molecule has 0 bridgehead atoms. The molecule has 2 aliphatic rings. The van der Waals surface area contributed by atoms with Gasteiger partial charge in [0.1, 0.15) is 11.6 Å². The minimum absolute atomic E-state index is 0. The van der Waals surface area contributed by atoms with Crippen LogP contribution in [0.4, 0.5) is 10.1 Å². The predicted molar refractivity (Wildman–Crippen MR) is 125 cm³/mol. The summed E-state index contributed by atoms with van der Waals surface area (Å²) in [7, 11) is 1.91. The molecule has 1 aromatic carbocycles. The summed E-state index contributed by atoms with van der Waals surface area (Å²) in [6.45, 7) is 5.60. The number of anilines is 1. The molecule has 2 aromatic rings. The third-order valence-electron chi connectivity index (χ3n) is 6.35. The topological polar surface area (TPSA) is 44.4 Å². The van der Waals surface area contributed by atoms with Crippen LogP contribution >= 0.6 is 11.3 Å². The van der Waals surface area contributed by atoms with Crippen LogP contribution in [0.5, 0.6) is 0 Å². The lowest BCUT2D eigenvalue weighted by Crippen LogP contribution is -2.38. The van der Waals surface area contributed by atoms with E-state index in [-0.39, 0.29) is 13.2 Å². The molecule has 30 heavy (non-hydrogen) atoms. The minimum Gasteiger partial charge on any atom is -0.374 e. The Labute approximate surface area is 183 Å². The molecule has 162 valence electrons. The van der Waals surface area contributed by atoms with Crippen molar-refractivity contribution in [2.45, 2.75) is 46.0 Å². The number of nitrogens with one attached hydrogen (secondary N) is 2. The van der Waals surface area contributed by atoms with E-state index in [9.17, 15) is 9.18 Å². The van der Waals surface area contributed by atoms with Crippen LogP contribution in [0.3, 0.4) is 0 Å². The lowest BCUT2D eigenvalue weighted by atomic mass is 10.1. The number of carbonyl (C=O) groups is 1. The maximum absolute atomic E-state index is 13.7. The van der Waals surface area contributed by atoms with Gasteiger partial charge in [-0.3, -0.25) is 4.79 Å². The number of thiophene rings is 1. The van der Waals surface area contributed by atoms with Crippen molar-refractivity contribution in [1.29, 1.82) is 0 Å². The van der Waals surface area contributed by atoms with Crippen molar-refractivity contribution in [3.05, 3.63) is 49.8 Å². The van der Waals surface area contributed by atoms with Crippen molar-refractivity contribution in [2.24, 2.45) is 5.92 Å². The number of nitrogens with zero attached hydrogens (tertiary/aromatic N) is 1. The Bertz CT molecular complexity index is 1080. The highest BCUT2D eigenvalue weighted by Gasteiger charge is 2.25. The molecule has 6 heteroatoms. The van der Waals surface area contributed by atoms with E-state index in [0.29, 0.717) is 5.92 Å². The van der Waals surface area contributed by atoms with Gasteiger partial charge in [-0.2, -0.15) is 0 Å². The van der Waals surface area contributed by atoms with Crippen LogP contribution in [-0.4, -0.2) is 26.0 Å². The molecule has 0 atom stereocenters. The zero-order chi connectivity index (χ0) is 21.3. The Morgan fingerprint density at radius 1 is 1.37 bits per heavy atom. The molecule has 2 N–H and O–H groups in total. The second kappa shape index (κ2) is 8.80. The van der Waals surface area contributed by atoms with Gasteiger partial charge in [-0.15, -0.1) is 11.3 Å². The van der Waals surface area contributed by atoms with Crippen molar-refractivity contribution in [2.75, 3.05) is 25.0 Å². The second-order valence-corrected chi connectivity index (χ2v) is 9.27. The SMILES string of the molecule is C/C=c1/sc(C(=O)NCC2CCCC2)c(C)/c1=C(/NC)N1CCc2cc(F)ccc21.[HH]. The molecule has 1 aliphatic carbocycles. The Kier molecular flexibility index (Phi) is 6.14. The molecule has 1 fully saturated rings. The molecule has 1 aliphatic heterocycles. The van der Waals surface area contributed by atoms with E-state index in [1.165, 1.54) is 31.7 Å². The van der Waals surface area contributed by atoms with Crippen molar-refractivity contribution in [3.8, 4) is 0 Å². The number of carbonyl (C=O) groups excluding carboxylic acids is 1. The molecule has 4 nitrogen and oxygen atoms in total. The van der Waals surface area contributed by atoms with E-state index in [2.05, 4.69) is 21.6 Å². The quantitative estimate of drug-likeness (QED) is 0.765. The maximum atomic E-state index is 13.7. The van der Waals surface area contributed by atoms with E-state index in [1.807, 2.05) is 27.0 Å². The monoisotopic (exact) mass is 429 g/mol. The zero-order valence-electron chi connectivity index (χ0n) is 18.0. The number of halogens is 1. The first-order valence-electron chi connectivity index (χ1n) is 10.9. The number of fused-ring (bicyclic) bond motifs is 1. The number of hydrogen-bond donors (Lipinski definition) is 2. The van der Waals surface area contributed by atoms with Crippen molar-refractivity contribution in [3.63, 3.8) is 0 Å². The highest BCUT2D eigenvalue weighted by molar-refractivity contribution is 7.12. The second-order valence-electron chi connectivity index (χ2n) is 8.22. The van der Waals surface area contributed by atoms with Crippen molar-refractivity contribution < 1.29 is 10.6 Å². The van der Waals surface area contributed by atoms with E-state index in [0.717, 1.165) is 56.8 Å². The molecule has 0 spiro atoms. The summed E-state index contributed by atoms with van der Waals surface area (Å²) in [6.07, 6.45) is 7.87. The molecule has 0 saturated heterocycles. The van der Waals surface area contributed by atoms with E-state index in [4.69, 9.17) is 0 Å². The van der Waals surface area contributed by atoms with Gasteiger partial charge in [-0.1, -0.05) is 18.9 Å². The number of rotatable bonds is 5. The van der Waals surface area contributed by atoms with Gasteiger partial charge >= 0.3 is 0 Å². The number of amides is 1. The molecule has 1 aromatic heterocycles. The predicted octanol–water partition coefficient (Wildman–Crippen LogP) is 3.51. The van der Waals surface area contributed by atoms with Crippen LogP contribution in [0.2, 0.25) is 0 Å². The highest BCUT2D eigenvalue weighted by atomic mass is 32.1. The minimum atomic E-state index is -0.197. The average molecular weight is 430 g/mol. The first-order chi connectivity index (χ1) is 14.5. The van der Waals surface area contributed by atoms with Gasteiger partial charge in [0, 0.05) is 37.0 Å². The molecule has 1 amide bonds. The van der Waals surface area contributed by atoms with Crippen LogP contribution in [-0.2, 0) is 6.42 Å². The summed E-state index contributed by atoms with van der Waals surface area (Å²) >= 11 is 1.55. The molecular weight excluding hydrogens is 397 g/mol. The smallest absolute Gasteiger partial charge is 0.261 e. The Hall–Kier alpha value is -2.34. The summed E-state index contributed by atoms with van der Waals surface area (Å²) in [5.74, 6) is 1.42. The van der Waals surface area contributed by atoms with Crippen LogP contribution in [0, 0.1) is 18.7 Å². The van der Waals surface area contributed by atoms with Crippen LogP contribution in [0.15, 0.2) is 18.2 Å². The van der Waals surface area contributed by atoms with Gasteiger partial charge < -0.3 is 15.5 Å². The third-order valence-corrected chi connectivity index (χ3v) is 7.70. The summed E-state index contributed by atoms with van der Waals surface area (Å²) in [4.78, 5) is 16.0. The van der Waals surface area contributed by atoms with Gasteiger partial charge in [-0.05, 0) is 68.4 Å². The average Bonchev–Trinajstić information content (AvgIpc) is 3.47. The first-order valence-corrected chi connectivity index (χ1v) is 11.7. The van der Waals surface area contributed by atoms with Gasteiger partial charge in [-0.25, -0.2) is 4.39 Å². The maximum Gasteiger partial charge on any atom is 0.261 e. The molecule has 0 unspecified atom stereocenters. The highest BCUT2D eigenvalue weighted by Crippen LogP contribution is 2.31. The Morgan fingerprint density at radius 3 is 2.83 bits per heavy atom. The molecule has 4 rings (SSSR count). The van der Waals surface area contributed by atoms with Gasteiger partial charge in [0.15, 0.2) is 0 Å². The van der Waals surface area contributed by atoms with Gasteiger partial charge in [0.25, 0.3) is 5.91 Å². The van der Waals surface area contributed by atoms with E-state index >= 15 is 0 Å². The lowest BCUT2D eigenvalue weighted by Gasteiger charge is -2.23. The molecule has 1 saturated carbocycles. The first kappa shape index (κ1) is 20.9. The van der Waals surface area contributed by atoms with Crippen molar-refractivity contribution in [1.82, 2.24) is 10.6 Å². The zero-order valence-corrected chi connectivity index (χ0v) is 18.8. The van der Waals surface area contributed by atoms with Gasteiger partial charge in [0.2, 0.25) is 0 Å². The summed E-state index contributed by atoms with van der Waals surface area (Å²) in [5, 5.41) is 7.59. The van der Waals surface area contributed by atoms with Crippen molar-refractivity contribution >= 4 is 34.8 Å². The number of benzene rings is 1. The van der Waals surface area contributed by atoms with Crippen LogP contribution < -0.4 is 25.3 Å². The van der Waals surface area contributed by atoms with Crippen LogP contribution in [0.25, 0.3) is 11.9 Å². The fourth-order valence-electron chi connectivity index (χ4n) is 4.78. The molecular formula is C24H32FN3OS. The van der Waals surface area contributed by atoms with E-state index in [1.54, 1.807) is 17.4 Å². The van der Waals surface area contributed by atoms with E-state index < -0.39 is 0 Å². The molecule has 2 heterocycles. The fraction of sp³-hybridized carbons (Fsp3) is 0.458. The Balaban J connectivity index is 0.00000272. The van der Waals surface area contributed by atoms with Crippen LogP contribution in [0.1, 0.15) is 54.8 Å². The summed E-state index contributed by atoms with van der Waals surface area (Å²) < 4.78 is 14.7. The standard InChI is InChI=1S/C24H30FN3OS.H2/c1-4-20-21(15(2)22(30-20)24(29)27-14-16-7-5-6-8-16)23(26-3)28-12-11-17-13-18(25)9-10-19(17)28;/h4,9-10,13,16,26H,5-8,11-12,14H2,1-3H3,(H,27,29);1H/b20-4+,23-21+;. The largest absolute Gasteiger partial charge is 0.374 e. The lowest BCUT2D eigenvalue weighted by molar-refractivity contribution is 0.0951. The van der Waals surface area contributed by atoms with Gasteiger partial charge in [0.05, 0.1) is 4.88 Å². The summed E-state index contributed by atoms with van der Waals surface area (Å²) in [5.41, 5.74) is 3.05. The normalized spacial score (nSPS) is 18.0. The summed E-state index contributed by atoms with van der Waals surface area (Å²) in [6, 6.07) is 4.98. The number of hydrogen-bond acceptors (Lipinski definition) is 4. The third kappa shape index (κ3) is 3.85. The Morgan fingerprint density at radius 2 is 2.13 bits per heavy atom.